The minimum atomic E-state index is -0.607. The molecule has 3 N–H and O–H groups in total. The van der Waals surface area contributed by atoms with E-state index in [-0.39, 0.29) is 18.6 Å². The lowest BCUT2D eigenvalue weighted by atomic mass is 10.1. The lowest BCUT2D eigenvalue weighted by Crippen LogP contribution is -2.27. The summed E-state index contributed by atoms with van der Waals surface area (Å²) >= 11 is 0. The highest BCUT2D eigenvalue weighted by Gasteiger charge is 2.18. The normalized spacial score (nSPS) is 11.3. The number of hydrogen-bond donors (Lipinski definition) is 2. The molecule has 0 heterocycles. The van der Waals surface area contributed by atoms with Gasteiger partial charge in [0.25, 0.3) is 11.8 Å². The largest absolute Gasteiger partial charge is 0.497 e. The number of benzene rings is 2. The summed E-state index contributed by atoms with van der Waals surface area (Å²) in [5.41, 5.74) is 6.23. The fourth-order valence-electron chi connectivity index (χ4n) is 2.61. The molecule has 0 unspecified atom stereocenters. The topological polar surface area (TPSA) is 109 Å². The summed E-state index contributed by atoms with van der Waals surface area (Å²) in [6.45, 7) is 1.56. The van der Waals surface area contributed by atoms with Gasteiger partial charge in [0.15, 0.2) is 18.1 Å². The molecule has 0 bridgehead atoms. The second-order valence-corrected chi connectivity index (χ2v) is 5.92. The maximum atomic E-state index is 12.7. The first kappa shape index (κ1) is 20.9. The number of nitrogens with one attached hydrogen (secondary N) is 1. The van der Waals surface area contributed by atoms with Gasteiger partial charge in [-0.25, -0.2) is 0 Å². The summed E-state index contributed by atoms with van der Waals surface area (Å²) in [5, 5.41) is 2.91. The van der Waals surface area contributed by atoms with Crippen LogP contribution < -0.4 is 30.0 Å². The SMILES string of the molecule is COc1ccc(OC)c([C@H](C)NC(=O)c2ccc(OCC(N)=O)c(OC)c2)c1. The quantitative estimate of drug-likeness (QED) is 0.681. The van der Waals surface area contributed by atoms with E-state index < -0.39 is 5.91 Å². The third-order valence-corrected chi connectivity index (χ3v) is 4.05. The van der Waals surface area contributed by atoms with Crippen molar-refractivity contribution in [3.05, 3.63) is 47.5 Å². The minimum absolute atomic E-state index is 0.283. The molecule has 0 spiro atoms. The molecule has 2 aromatic rings. The smallest absolute Gasteiger partial charge is 0.255 e. The molecule has 2 amide bonds. The van der Waals surface area contributed by atoms with Crippen LogP contribution in [-0.2, 0) is 4.79 Å². The third kappa shape index (κ3) is 5.06. The van der Waals surface area contributed by atoms with Gasteiger partial charge in [0.05, 0.1) is 27.4 Å². The Labute approximate surface area is 163 Å². The molecule has 150 valence electrons. The number of carbonyl (C=O) groups excluding carboxylic acids is 2. The Morgan fingerprint density at radius 2 is 1.64 bits per heavy atom. The molecule has 0 fully saturated rings. The molecule has 8 nitrogen and oxygen atoms in total. The van der Waals surface area contributed by atoms with Crippen molar-refractivity contribution in [2.75, 3.05) is 27.9 Å². The second-order valence-electron chi connectivity index (χ2n) is 5.92. The molecule has 0 aromatic heterocycles. The fourth-order valence-corrected chi connectivity index (χ4v) is 2.61. The Hall–Kier alpha value is -3.42. The van der Waals surface area contributed by atoms with Crippen LogP contribution in [0.4, 0.5) is 0 Å². The van der Waals surface area contributed by atoms with E-state index in [9.17, 15) is 9.59 Å². The van der Waals surface area contributed by atoms with Crippen LogP contribution in [-0.4, -0.2) is 39.8 Å². The first-order chi connectivity index (χ1) is 13.4. The van der Waals surface area contributed by atoms with Crippen molar-refractivity contribution >= 4 is 11.8 Å². The van der Waals surface area contributed by atoms with Gasteiger partial charge in [0.2, 0.25) is 0 Å². The zero-order valence-corrected chi connectivity index (χ0v) is 16.3. The molecule has 0 radical (unpaired) electrons. The molecule has 0 aliphatic carbocycles. The number of hydrogen-bond acceptors (Lipinski definition) is 6. The Kier molecular flexibility index (Phi) is 7.08. The van der Waals surface area contributed by atoms with Gasteiger partial charge in [0, 0.05) is 11.1 Å². The summed E-state index contributed by atoms with van der Waals surface area (Å²) in [4.78, 5) is 23.5. The van der Waals surface area contributed by atoms with E-state index in [2.05, 4.69) is 5.32 Å². The van der Waals surface area contributed by atoms with Gasteiger partial charge < -0.3 is 30.0 Å². The van der Waals surface area contributed by atoms with Gasteiger partial charge in [-0.15, -0.1) is 0 Å². The van der Waals surface area contributed by atoms with E-state index >= 15 is 0 Å². The van der Waals surface area contributed by atoms with Gasteiger partial charge in [-0.3, -0.25) is 9.59 Å². The van der Waals surface area contributed by atoms with Crippen molar-refractivity contribution in [2.24, 2.45) is 5.73 Å². The van der Waals surface area contributed by atoms with Crippen LogP contribution in [0.3, 0.4) is 0 Å². The van der Waals surface area contributed by atoms with E-state index in [0.29, 0.717) is 28.6 Å². The van der Waals surface area contributed by atoms with Crippen LogP contribution in [0.25, 0.3) is 0 Å². The van der Waals surface area contributed by atoms with Gasteiger partial charge in [0.1, 0.15) is 11.5 Å². The summed E-state index contributed by atoms with van der Waals surface area (Å²) in [6, 6.07) is 9.69. The molecule has 2 rings (SSSR count). The van der Waals surface area contributed by atoms with Crippen molar-refractivity contribution < 1.29 is 28.5 Å². The van der Waals surface area contributed by atoms with Gasteiger partial charge in [-0.05, 0) is 43.3 Å². The Morgan fingerprint density at radius 1 is 0.964 bits per heavy atom. The molecule has 0 aliphatic heterocycles. The zero-order chi connectivity index (χ0) is 20.7. The average molecular weight is 388 g/mol. The highest BCUT2D eigenvalue weighted by molar-refractivity contribution is 5.95. The molecule has 0 saturated heterocycles. The van der Waals surface area contributed by atoms with E-state index in [1.807, 2.05) is 13.0 Å². The van der Waals surface area contributed by atoms with Crippen LogP contribution in [0.1, 0.15) is 28.9 Å². The van der Waals surface area contributed by atoms with Crippen molar-refractivity contribution in [3.8, 4) is 23.0 Å². The predicted octanol–water partition coefficient (Wildman–Crippen LogP) is 2.07. The van der Waals surface area contributed by atoms with Crippen molar-refractivity contribution in [2.45, 2.75) is 13.0 Å². The number of carbonyl (C=O) groups is 2. The first-order valence-corrected chi connectivity index (χ1v) is 8.51. The summed E-state index contributed by atoms with van der Waals surface area (Å²) in [6.07, 6.45) is 0. The highest BCUT2D eigenvalue weighted by Crippen LogP contribution is 2.31. The second kappa shape index (κ2) is 9.50. The van der Waals surface area contributed by atoms with Crippen LogP contribution in [0, 0.1) is 0 Å². The Balaban J connectivity index is 2.19. The Morgan fingerprint density at radius 3 is 2.25 bits per heavy atom. The maximum absolute atomic E-state index is 12.7. The van der Waals surface area contributed by atoms with Crippen molar-refractivity contribution in [1.82, 2.24) is 5.32 Å². The van der Waals surface area contributed by atoms with Crippen molar-refractivity contribution in [3.63, 3.8) is 0 Å². The fraction of sp³-hybridized carbons (Fsp3) is 0.300. The molecule has 28 heavy (non-hydrogen) atoms. The summed E-state index contributed by atoms with van der Waals surface area (Å²) in [7, 11) is 4.58. The van der Waals surface area contributed by atoms with E-state index in [1.54, 1.807) is 38.5 Å². The first-order valence-electron chi connectivity index (χ1n) is 8.51. The van der Waals surface area contributed by atoms with Crippen LogP contribution in [0.2, 0.25) is 0 Å². The predicted molar refractivity (Wildman–Crippen MR) is 103 cm³/mol. The maximum Gasteiger partial charge on any atom is 0.255 e. The third-order valence-electron chi connectivity index (χ3n) is 4.05. The molecule has 1 atom stereocenters. The lowest BCUT2D eigenvalue weighted by molar-refractivity contribution is -0.119. The summed E-state index contributed by atoms with van der Waals surface area (Å²) in [5.74, 6) is 1.03. The highest BCUT2D eigenvalue weighted by atomic mass is 16.5. The molecule has 2 aromatic carbocycles. The standard InChI is InChI=1S/C20H24N2O6/c1-12(15-10-14(25-2)6-8-16(15)26-3)22-20(24)13-5-7-17(18(9-13)27-4)28-11-19(21)23/h5-10,12H,11H2,1-4H3,(H2,21,23)(H,22,24)/t12-/m0/s1. The van der Waals surface area contributed by atoms with E-state index in [4.69, 9.17) is 24.7 Å². The van der Waals surface area contributed by atoms with Crippen LogP contribution in [0.15, 0.2) is 36.4 Å². The molecule has 8 heteroatoms. The summed E-state index contributed by atoms with van der Waals surface area (Å²) < 4.78 is 21.1. The molecule has 0 aliphatic rings. The van der Waals surface area contributed by atoms with Crippen molar-refractivity contribution in [1.29, 1.82) is 0 Å². The van der Waals surface area contributed by atoms with Gasteiger partial charge in [-0.1, -0.05) is 0 Å². The molecular weight excluding hydrogens is 364 g/mol. The monoisotopic (exact) mass is 388 g/mol. The van der Waals surface area contributed by atoms with Gasteiger partial charge in [-0.2, -0.15) is 0 Å². The number of rotatable bonds is 9. The lowest BCUT2D eigenvalue weighted by Gasteiger charge is -2.19. The number of methoxy groups -OCH3 is 3. The molecule has 0 saturated carbocycles. The zero-order valence-electron chi connectivity index (χ0n) is 16.3. The number of ether oxygens (including phenoxy) is 4. The van der Waals surface area contributed by atoms with Crippen LogP contribution in [0.5, 0.6) is 23.0 Å². The molecular formula is C20H24N2O6. The number of primary amides is 1. The Bertz CT molecular complexity index is 853. The number of nitrogens with two attached hydrogens (primary N) is 1. The minimum Gasteiger partial charge on any atom is -0.497 e. The van der Waals surface area contributed by atoms with Gasteiger partial charge >= 0.3 is 0 Å². The average Bonchev–Trinajstić information content (AvgIpc) is 2.71. The number of amides is 2. The van der Waals surface area contributed by atoms with E-state index in [0.717, 1.165) is 5.56 Å². The van der Waals surface area contributed by atoms with Crippen LogP contribution >= 0.6 is 0 Å². The van der Waals surface area contributed by atoms with E-state index in [1.165, 1.54) is 13.2 Å².